The number of amides is 1. The summed E-state index contributed by atoms with van der Waals surface area (Å²) in [5, 5.41) is 3.13. The summed E-state index contributed by atoms with van der Waals surface area (Å²) in [6.45, 7) is 3.71. The maximum absolute atomic E-state index is 13.2. The summed E-state index contributed by atoms with van der Waals surface area (Å²) in [4.78, 5) is 14.0. The van der Waals surface area contributed by atoms with E-state index >= 15 is 0 Å². The van der Waals surface area contributed by atoms with Crippen LogP contribution in [-0.2, 0) is 20.0 Å². The van der Waals surface area contributed by atoms with Gasteiger partial charge in [0.25, 0.3) is 26.0 Å². The number of aryl methyl sites for hydroxylation is 1. The molecule has 0 aromatic heterocycles. The van der Waals surface area contributed by atoms with Gasteiger partial charge in [0.1, 0.15) is 0 Å². The Morgan fingerprint density at radius 3 is 2.05 bits per heavy atom. The Morgan fingerprint density at radius 1 is 0.854 bits per heavy atom. The average Bonchev–Trinajstić information content (AvgIpc) is 2.96. The SMILES string of the molecule is CCN(c1ccc(C(=O)Nc2ccc(S(=O)(=O)Nc3cc(Cl)ccc3C)cc2)cc1)S(=O)(=O)c1ccc(SC)cc1. The minimum Gasteiger partial charge on any atom is -0.322 e. The van der Waals surface area contributed by atoms with Crippen molar-refractivity contribution >= 4 is 66.4 Å². The zero-order valence-electron chi connectivity index (χ0n) is 22.5. The number of anilines is 3. The Bertz CT molecular complexity index is 1760. The zero-order valence-corrected chi connectivity index (χ0v) is 25.7. The molecule has 8 nitrogen and oxygen atoms in total. The first-order chi connectivity index (χ1) is 19.4. The van der Waals surface area contributed by atoms with E-state index in [-0.39, 0.29) is 16.3 Å². The predicted octanol–water partition coefficient (Wildman–Crippen LogP) is 6.64. The molecule has 0 aliphatic rings. The number of benzene rings is 4. The van der Waals surface area contributed by atoms with Gasteiger partial charge in [-0.05, 0) is 111 Å². The molecule has 0 aliphatic carbocycles. The molecule has 0 fully saturated rings. The van der Waals surface area contributed by atoms with Crippen molar-refractivity contribution in [3.63, 3.8) is 0 Å². The molecule has 4 rings (SSSR count). The van der Waals surface area contributed by atoms with Gasteiger partial charge in [0.05, 0.1) is 21.2 Å². The summed E-state index contributed by atoms with van der Waals surface area (Å²) in [7, 11) is -7.67. The fourth-order valence-electron chi connectivity index (χ4n) is 3.97. The third-order valence-electron chi connectivity index (χ3n) is 6.22. The van der Waals surface area contributed by atoms with Gasteiger partial charge in [-0.15, -0.1) is 11.8 Å². The van der Waals surface area contributed by atoms with Gasteiger partial charge >= 0.3 is 0 Å². The molecular formula is C29H28ClN3O5S3. The quantitative estimate of drug-likeness (QED) is 0.190. The van der Waals surface area contributed by atoms with Crippen molar-refractivity contribution in [3.8, 4) is 0 Å². The first-order valence-electron chi connectivity index (χ1n) is 12.4. The van der Waals surface area contributed by atoms with Gasteiger partial charge < -0.3 is 5.32 Å². The summed E-state index contributed by atoms with van der Waals surface area (Å²) in [6.07, 6.45) is 1.92. The topological polar surface area (TPSA) is 113 Å². The number of carbonyl (C=O) groups is 1. The lowest BCUT2D eigenvalue weighted by atomic mass is 10.2. The lowest BCUT2D eigenvalue weighted by Gasteiger charge is -2.23. The zero-order chi connectivity index (χ0) is 29.8. The highest BCUT2D eigenvalue weighted by atomic mass is 35.5. The second-order valence-electron chi connectivity index (χ2n) is 8.94. The largest absolute Gasteiger partial charge is 0.322 e. The monoisotopic (exact) mass is 629 g/mol. The standard InChI is InChI=1S/C29H28ClN3O5S3/c1-4-33(41(37,38)27-17-13-25(39-3)14-18-27)24-11-6-21(7-12-24)29(34)31-23-9-15-26(16-10-23)40(35,36)32-28-19-22(30)8-5-20(28)2/h5-19,32H,4H2,1-3H3,(H,31,34). The molecule has 214 valence electrons. The number of carbonyl (C=O) groups excluding carboxylic acids is 1. The van der Waals surface area contributed by atoms with E-state index in [1.807, 2.05) is 6.26 Å². The van der Waals surface area contributed by atoms with E-state index in [0.29, 0.717) is 27.6 Å². The van der Waals surface area contributed by atoms with E-state index in [0.717, 1.165) is 10.5 Å². The molecule has 41 heavy (non-hydrogen) atoms. The van der Waals surface area contributed by atoms with Gasteiger partial charge in [-0.1, -0.05) is 17.7 Å². The van der Waals surface area contributed by atoms with Gasteiger partial charge in [-0.3, -0.25) is 13.8 Å². The molecule has 4 aromatic carbocycles. The Labute approximate surface area is 249 Å². The third-order valence-corrected chi connectivity index (χ3v) is 10.5. The molecule has 4 aromatic rings. The van der Waals surface area contributed by atoms with Crippen LogP contribution < -0.4 is 14.3 Å². The highest BCUT2D eigenvalue weighted by Crippen LogP contribution is 2.27. The minimum absolute atomic E-state index is 0.0168. The van der Waals surface area contributed by atoms with Crippen molar-refractivity contribution < 1.29 is 21.6 Å². The van der Waals surface area contributed by atoms with Crippen molar-refractivity contribution in [3.05, 3.63) is 107 Å². The molecule has 1 amide bonds. The van der Waals surface area contributed by atoms with Gasteiger partial charge in [0.2, 0.25) is 0 Å². The molecule has 2 N–H and O–H groups in total. The van der Waals surface area contributed by atoms with Crippen molar-refractivity contribution in [1.29, 1.82) is 0 Å². The van der Waals surface area contributed by atoms with Crippen LogP contribution in [0.25, 0.3) is 0 Å². The van der Waals surface area contributed by atoms with Crippen LogP contribution in [0.15, 0.2) is 106 Å². The van der Waals surface area contributed by atoms with E-state index in [1.54, 1.807) is 62.4 Å². The number of sulfonamides is 2. The number of halogens is 1. The Balaban J connectivity index is 1.45. The molecule has 0 atom stereocenters. The maximum Gasteiger partial charge on any atom is 0.264 e. The van der Waals surface area contributed by atoms with Crippen LogP contribution in [0.2, 0.25) is 5.02 Å². The molecule has 0 unspecified atom stereocenters. The first kappa shape index (κ1) is 30.4. The van der Waals surface area contributed by atoms with E-state index in [4.69, 9.17) is 11.6 Å². The predicted molar refractivity (Wildman–Crippen MR) is 166 cm³/mol. The molecule has 0 bridgehead atoms. The fourth-order valence-corrected chi connectivity index (χ4v) is 7.15. The van der Waals surface area contributed by atoms with Crippen LogP contribution in [0.1, 0.15) is 22.8 Å². The number of hydrogen-bond acceptors (Lipinski definition) is 6. The van der Waals surface area contributed by atoms with Crippen LogP contribution in [0.3, 0.4) is 0 Å². The van der Waals surface area contributed by atoms with Crippen molar-refractivity contribution in [2.24, 2.45) is 0 Å². The van der Waals surface area contributed by atoms with Gasteiger partial charge in [0.15, 0.2) is 0 Å². The second kappa shape index (κ2) is 12.6. The van der Waals surface area contributed by atoms with Crippen LogP contribution >= 0.6 is 23.4 Å². The van der Waals surface area contributed by atoms with E-state index in [1.165, 1.54) is 58.5 Å². The normalized spacial score (nSPS) is 11.6. The van der Waals surface area contributed by atoms with E-state index in [2.05, 4.69) is 10.0 Å². The van der Waals surface area contributed by atoms with Crippen molar-refractivity contribution in [2.45, 2.75) is 28.5 Å². The van der Waals surface area contributed by atoms with E-state index < -0.39 is 26.0 Å². The van der Waals surface area contributed by atoms with Crippen LogP contribution in [-0.4, -0.2) is 35.5 Å². The molecule has 0 spiro atoms. The van der Waals surface area contributed by atoms with Gasteiger partial charge in [-0.2, -0.15) is 0 Å². The van der Waals surface area contributed by atoms with Crippen molar-refractivity contribution in [2.75, 3.05) is 27.1 Å². The fraction of sp³-hybridized carbons (Fsp3) is 0.138. The molecule has 0 saturated carbocycles. The third kappa shape index (κ3) is 7.05. The summed E-state index contributed by atoms with van der Waals surface area (Å²) in [5.74, 6) is -0.432. The van der Waals surface area contributed by atoms with E-state index in [9.17, 15) is 21.6 Å². The minimum atomic E-state index is -3.88. The maximum atomic E-state index is 13.2. The Kier molecular flexibility index (Phi) is 9.33. The van der Waals surface area contributed by atoms with Crippen LogP contribution in [0, 0.1) is 6.92 Å². The van der Waals surface area contributed by atoms with Gasteiger partial charge in [0, 0.05) is 27.7 Å². The lowest BCUT2D eigenvalue weighted by molar-refractivity contribution is 0.102. The van der Waals surface area contributed by atoms with Crippen LogP contribution in [0.5, 0.6) is 0 Å². The average molecular weight is 630 g/mol. The number of nitrogens with zero attached hydrogens (tertiary/aromatic N) is 1. The number of nitrogens with one attached hydrogen (secondary N) is 2. The number of thioether (sulfide) groups is 1. The second-order valence-corrected chi connectivity index (χ2v) is 13.8. The molecule has 0 aliphatic heterocycles. The molecule has 0 heterocycles. The lowest BCUT2D eigenvalue weighted by Crippen LogP contribution is -2.30. The highest BCUT2D eigenvalue weighted by molar-refractivity contribution is 7.98. The van der Waals surface area contributed by atoms with Gasteiger partial charge in [-0.25, -0.2) is 16.8 Å². The Morgan fingerprint density at radius 2 is 1.46 bits per heavy atom. The summed E-state index contributed by atoms with van der Waals surface area (Å²) in [6, 6.07) is 23.6. The number of hydrogen-bond donors (Lipinski definition) is 2. The van der Waals surface area contributed by atoms with Crippen molar-refractivity contribution in [1.82, 2.24) is 0 Å². The smallest absolute Gasteiger partial charge is 0.264 e. The van der Waals surface area contributed by atoms with Crippen LogP contribution in [0.4, 0.5) is 17.1 Å². The highest BCUT2D eigenvalue weighted by Gasteiger charge is 2.24. The summed E-state index contributed by atoms with van der Waals surface area (Å²) >= 11 is 7.52. The number of rotatable bonds is 10. The molecule has 0 radical (unpaired) electrons. The molecule has 12 heteroatoms. The first-order valence-corrected chi connectivity index (χ1v) is 16.9. The summed E-state index contributed by atoms with van der Waals surface area (Å²) in [5.41, 5.74) is 2.22. The molecular weight excluding hydrogens is 602 g/mol. The molecule has 0 saturated heterocycles. The summed E-state index contributed by atoms with van der Waals surface area (Å²) < 4.78 is 56.0. The Hall–Kier alpha value is -3.51.